The molecule has 0 spiro atoms. The van der Waals surface area contributed by atoms with Crippen LogP contribution < -0.4 is 5.73 Å². The predicted octanol–water partition coefficient (Wildman–Crippen LogP) is 4.68. The Balaban J connectivity index is 2.12. The Morgan fingerprint density at radius 3 is 2.65 bits per heavy atom. The number of nitrogens with zero attached hydrogens (tertiary/aromatic N) is 1. The molecule has 108 valence electrons. The molecular weight excluding hydrogens is 373 g/mol. The van der Waals surface area contributed by atoms with Crippen LogP contribution in [0.4, 0.5) is 13.2 Å². The van der Waals surface area contributed by atoms with E-state index < -0.39 is 11.9 Å². The van der Waals surface area contributed by atoms with Gasteiger partial charge in [-0.15, -0.1) is 23.1 Å². The molecule has 2 N–H and O–H groups in total. The second kappa shape index (κ2) is 6.46. The van der Waals surface area contributed by atoms with Gasteiger partial charge in [-0.05, 0) is 18.2 Å². The van der Waals surface area contributed by atoms with E-state index in [0.717, 1.165) is 20.7 Å². The van der Waals surface area contributed by atoms with E-state index in [-0.39, 0.29) is 11.4 Å². The first-order valence-electron chi connectivity index (χ1n) is 5.54. The van der Waals surface area contributed by atoms with Gasteiger partial charge in [0.25, 0.3) is 0 Å². The zero-order valence-corrected chi connectivity index (χ0v) is 13.3. The van der Waals surface area contributed by atoms with Gasteiger partial charge in [-0.3, -0.25) is 0 Å². The van der Waals surface area contributed by atoms with E-state index in [4.69, 9.17) is 5.73 Å². The van der Waals surface area contributed by atoms with E-state index in [1.165, 1.54) is 11.8 Å². The van der Waals surface area contributed by atoms with Crippen LogP contribution >= 0.6 is 39.0 Å². The van der Waals surface area contributed by atoms with Crippen molar-refractivity contribution in [3.63, 3.8) is 0 Å². The van der Waals surface area contributed by atoms with Gasteiger partial charge >= 0.3 is 6.18 Å². The topological polar surface area (TPSA) is 38.9 Å². The first kappa shape index (κ1) is 15.8. The summed E-state index contributed by atoms with van der Waals surface area (Å²) in [4.78, 5) is 4.73. The zero-order chi connectivity index (χ0) is 14.8. The summed E-state index contributed by atoms with van der Waals surface area (Å²) in [7, 11) is 0. The standard InChI is InChI=1S/C12H10BrF3N2S2/c13-7-2-1-3-8(4-7)19-6-10-18-11(12(14,15)16)9(5-17)20-10/h1-4H,5-6,17H2. The molecule has 0 bridgehead atoms. The summed E-state index contributed by atoms with van der Waals surface area (Å²) in [5, 5.41) is 0.433. The van der Waals surface area contributed by atoms with E-state index in [9.17, 15) is 13.2 Å². The van der Waals surface area contributed by atoms with Gasteiger partial charge in [0.2, 0.25) is 0 Å². The molecule has 0 amide bonds. The first-order valence-corrected chi connectivity index (χ1v) is 8.14. The number of benzene rings is 1. The average molecular weight is 383 g/mol. The lowest BCUT2D eigenvalue weighted by atomic mass is 10.3. The third-order valence-corrected chi connectivity index (χ3v) is 5.11. The summed E-state index contributed by atoms with van der Waals surface area (Å²) in [6.07, 6.45) is -4.44. The van der Waals surface area contributed by atoms with Crippen LogP contribution in [0.2, 0.25) is 0 Å². The highest BCUT2D eigenvalue weighted by Gasteiger charge is 2.36. The van der Waals surface area contributed by atoms with E-state index in [0.29, 0.717) is 10.8 Å². The summed E-state index contributed by atoms with van der Waals surface area (Å²) < 4.78 is 39.2. The van der Waals surface area contributed by atoms with Crippen molar-refractivity contribution in [3.8, 4) is 0 Å². The Hall–Kier alpha value is -0.570. The number of nitrogens with two attached hydrogens (primary N) is 1. The molecule has 1 aromatic carbocycles. The van der Waals surface area contributed by atoms with E-state index in [1.54, 1.807) is 0 Å². The maximum atomic E-state index is 12.7. The lowest BCUT2D eigenvalue weighted by Gasteiger charge is -2.03. The molecule has 8 heteroatoms. The normalized spacial score (nSPS) is 11.8. The van der Waals surface area contributed by atoms with Gasteiger partial charge in [0.1, 0.15) is 5.01 Å². The van der Waals surface area contributed by atoms with Gasteiger partial charge in [0.05, 0.1) is 10.6 Å². The molecule has 2 aromatic rings. The Morgan fingerprint density at radius 2 is 2.10 bits per heavy atom. The molecule has 0 unspecified atom stereocenters. The van der Waals surface area contributed by atoms with Crippen LogP contribution in [0.5, 0.6) is 0 Å². The molecule has 0 saturated heterocycles. The quantitative estimate of drug-likeness (QED) is 0.780. The fraction of sp³-hybridized carbons (Fsp3) is 0.250. The van der Waals surface area contributed by atoms with Gasteiger partial charge in [-0.25, -0.2) is 4.98 Å². The van der Waals surface area contributed by atoms with E-state index in [2.05, 4.69) is 20.9 Å². The molecular formula is C12H10BrF3N2S2. The van der Waals surface area contributed by atoms with Crippen LogP contribution in [0.25, 0.3) is 0 Å². The van der Waals surface area contributed by atoms with Crippen LogP contribution in [0.3, 0.4) is 0 Å². The predicted molar refractivity (Wildman–Crippen MR) is 78.7 cm³/mol. The SMILES string of the molecule is NCc1sc(CSc2cccc(Br)c2)nc1C(F)(F)F. The Bertz CT molecular complexity index is 599. The average Bonchev–Trinajstić information content (AvgIpc) is 2.80. The molecule has 0 saturated carbocycles. The molecule has 0 aliphatic carbocycles. The third-order valence-electron chi connectivity index (χ3n) is 2.35. The van der Waals surface area contributed by atoms with Crippen molar-refractivity contribution in [2.75, 3.05) is 0 Å². The second-order valence-electron chi connectivity index (χ2n) is 3.83. The number of aromatic nitrogens is 1. The van der Waals surface area contributed by atoms with Crippen molar-refractivity contribution < 1.29 is 13.2 Å². The van der Waals surface area contributed by atoms with Gasteiger partial charge in [0.15, 0.2) is 5.69 Å². The summed E-state index contributed by atoms with van der Waals surface area (Å²) in [5.41, 5.74) is 4.49. The Labute approximate surface area is 130 Å². The van der Waals surface area contributed by atoms with Crippen molar-refractivity contribution in [2.45, 2.75) is 23.4 Å². The van der Waals surface area contributed by atoms with Crippen molar-refractivity contribution in [1.29, 1.82) is 0 Å². The van der Waals surface area contributed by atoms with Crippen LogP contribution in [0, 0.1) is 0 Å². The Kier molecular flexibility index (Phi) is 5.11. The monoisotopic (exact) mass is 382 g/mol. The van der Waals surface area contributed by atoms with E-state index in [1.807, 2.05) is 24.3 Å². The van der Waals surface area contributed by atoms with Gasteiger partial charge in [0, 0.05) is 15.9 Å². The lowest BCUT2D eigenvalue weighted by Crippen LogP contribution is -2.10. The number of thioether (sulfide) groups is 1. The van der Waals surface area contributed by atoms with Crippen molar-refractivity contribution in [2.24, 2.45) is 5.73 Å². The summed E-state index contributed by atoms with van der Waals surface area (Å²) in [5.74, 6) is 0.393. The van der Waals surface area contributed by atoms with Crippen molar-refractivity contribution in [1.82, 2.24) is 4.98 Å². The maximum Gasteiger partial charge on any atom is 0.434 e. The number of rotatable bonds is 4. The van der Waals surface area contributed by atoms with Crippen LogP contribution in [-0.2, 0) is 18.5 Å². The highest BCUT2D eigenvalue weighted by atomic mass is 79.9. The maximum absolute atomic E-state index is 12.7. The van der Waals surface area contributed by atoms with Crippen LogP contribution in [0.15, 0.2) is 33.6 Å². The fourth-order valence-corrected chi connectivity index (χ4v) is 3.99. The minimum absolute atomic E-state index is 0.0855. The summed E-state index contributed by atoms with van der Waals surface area (Å²) >= 11 is 5.81. The van der Waals surface area contributed by atoms with Crippen molar-refractivity contribution >= 4 is 39.0 Å². The molecule has 2 rings (SSSR count). The molecule has 2 nitrogen and oxygen atoms in total. The fourth-order valence-electron chi connectivity index (χ4n) is 1.52. The van der Waals surface area contributed by atoms with Gasteiger partial charge in [-0.1, -0.05) is 22.0 Å². The molecule has 1 aromatic heterocycles. The summed E-state index contributed by atoms with van der Waals surface area (Å²) in [6.45, 7) is -0.145. The smallest absolute Gasteiger partial charge is 0.326 e. The van der Waals surface area contributed by atoms with Gasteiger partial charge < -0.3 is 5.73 Å². The first-order chi connectivity index (χ1) is 9.40. The lowest BCUT2D eigenvalue weighted by molar-refractivity contribution is -0.141. The highest BCUT2D eigenvalue weighted by molar-refractivity contribution is 9.10. The third kappa shape index (κ3) is 3.97. The molecule has 0 aliphatic heterocycles. The highest BCUT2D eigenvalue weighted by Crippen LogP contribution is 2.36. The summed E-state index contributed by atoms with van der Waals surface area (Å²) in [6, 6.07) is 7.58. The molecule has 1 heterocycles. The number of hydrogen-bond acceptors (Lipinski definition) is 4. The number of hydrogen-bond donors (Lipinski definition) is 1. The molecule has 0 aliphatic rings. The molecule has 0 atom stereocenters. The largest absolute Gasteiger partial charge is 0.434 e. The van der Waals surface area contributed by atoms with Gasteiger partial charge in [-0.2, -0.15) is 13.2 Å². The molecule has 0 radical (unpaired) electrons. The zero-order valence-electron chi connectivity index (χ0n) is 10.1. The van der Waals surface area contributed by atoms with Crippen LogP contribution in [0.1, 0.15) is 15.6 Å². The number of halogens is 4. The molecule has 20 heavy (non-hydrogen) atoms. The minimum atomic E-state index is -4.44. The number of alkyl halides is 3. The number of thiazole rings is 1. The molecule has 0 fully saturated rings. The van der Waals surface area contributed by atoms with E-state index >= 15 is 0 Å². The second-order valence-corrected chi connectivity index (χ2v) is 6.96. The van der Waals surface area contributed by atoms with Crippen LogP contribution in [-0.4, -0.2) is 4.98 Å². The Morgan fingerprint density at radius 1 is 1.35 bits per heavy atom. The minimum Gasteiger partial charge on any atom is -0.326 e. The van der Waals surface area contributed by atoms with Crippen molar-refractivity contribution in [3.05, 3.63) is 44.3 Å².